The van der Waals surface area contributed by atoms with Gasteiger partial charge in [0.1, 0.15) is 11.6 Å². The van der Waals surface area contributed by atoms with Crippen molar-refractivity contribution in [1.29, 1.82) is 0 Å². The number of halogens is 1. The summed E-state index contributed by atoms with van der Waals surface area (Å²) in [5.41, 5.74) is 1.92. The highest BCUT2D eigenvalue weighted by atomic mass is 32.1. The van der Waals surface area contributed by atoms with E-state index in [0.717, 1.165) is 11.3 Å². The van der Waals surface area contributed by atoms with E-state index in [9.17, 15) is 14.0 Å². The van der Waals surface area contributed by atoms with Gasteiger partial charge in [0.25, 0.3) is 11.5 Å². The monoisotopic (exact) mass is 435 g/mol. The van der Waals surface area contributed by atoms with E-state index < -0.39 is 0 Å². The van der Waals surface area contributed by atoms with Crippen LogP contribution in [-0.2, 0) is 6.54 Å². The van der Waals surface area contributed by atoms with Gasteiger partial charge in [0.05, 0.1) is 24.6 Å². The van der Waals surface area contributed by atoms with Crippen LogP contribution in [0.4, 0.5) is 10.1 Å². The highest BCUT2D eigenvalue weighted by Crippen LogP contribution is 2.16. The Morgan fingerprint density at radius 1 is 1.10 bits per heavy atom. The van der Waals surface area contributed by atoms with Gasteiger partial charge in [-0.25, -0.2) is 4.39 Å². The SMILES string of the molecule is COc1ccc(Cn2c(=S)[nH]c3cc(C(=O)Nc4ccc(F)cc4)ccc3c2=O)cc1. The van der Waals surface area contributed by atoms with Gasteiger partial charge in [-0.15, -0.1) is 0 Å². The molecule has 0 saturated heterocycles. The molecule has 0 spiro atoms. The van der Waals surface area contributed by atoms with E-state index in [1.165, 1.54) is 28.8 Å². The molecule has 0 unspecified atom stereocenters. The summed E-state index contributed by atoms with van der Waals surface area (Å²) in [5, 5.41) is 3.11. The lowest BCUT2D eigenvalue weighted by molar-refractivity contribution is 0.102. The fourth-order valence-electron chi connectivity index (χ4n) is 3.19. The molecule has 1 aromatic heterocycles. The molecule has 0 atom stereocenters. The molecule has 8 heteroatoms. The van der Waals surface area contributed by atoms with Crippen molar-refractivity contribution in [2.24, 2.45) is 0 Å². The normalized spacial score (nSPS) is 10.8. The minimum atomic E-state index is -0.387. The minimum absolute atomic E-state index is 0.250. The Bertz CT molecular complexity index is 1380. The number of aromatic nitrogens is 2. The molecule has 1 heterocycles. The number of nitrogens with one attached hydrogen (secondary N) is 2. The van der Waals surface area contributed by atoms with Crippen LogP contribution in [0.25, 0.3) is 10.9 Å². The summed E-state index contributed by atoms with van der Waals surface area (Å²) in [5.74, 6) is -0.0383. The lowest BCUT2D eigenvalue weighted by atomic mass is 10.1. The van der Waals surface area contributed by atoms with Gasteiger partial charge in [-0.2, -0.15) is 0 Å². The lowest BCUT2D eigenvalue weighted by Crippen LogP contribution is -2.23. The molecule has 4 rings (SSSR count). The minimum Gasteiger partial charge on any atom is -0.497 e. The zero-order valence-electron chi connectivity index (χ0n) is 16.5. The van der Waals surface area contributed by atoms with Gasteiger partial charge < -0.3 is 15.0 Å². The molecule has 0 aliphatic rings. The molecule has 2 N–H and O–H groups in total. The van der Waals surface area contributed by atoms with E-state index in [2.05, 4.69) is 10.3 Å². The van der Waals surface area contributed by atoms with Gasteiger partial charge >= 0.3 is 0 Å². The van der Waals surface area contributed by atoms with E-state index in [1.54, 1.807) is 25.3 Å². The summed E-state index contributed by atoms with van der Waals surface area (Å²) < 4.78 is 19.9. The van der Waals surface area contributed by atoms with Gasteiger partial charge in [-0.3, -0.25) is 14.2 Å². The van der Waals surface area contributed by atoms with Gasteiger partial charge in [0, 0.05) is 11.3 Å². The topological polar surface area (TPSA) is 76.1 Å². The zero-order valence-corrected chi connectivity index (χ0v) is 17.3. The second kappa shape index (κ2) is 8.53. The molecule has 4 aromatic rings. The number of amides is 1. The van der Waals surface area contributed by atoms with Gasteiger partial charge in [-0.1, -0.05) is 12.1 Å². The average Bonchev–Trinajstić information content (AvgIpc) is 2.78. The van der Waals surface area contributed by atoms with E-state index >= 15 is 0 Å². The lowest BCUT2D eigenvalue weighted by Gasteiger charge is -2.10. The number of nitrogens with zero attached hydrogens (tertiary/aromatic N) is 1. The van der Waals surface area contributed by atoms with E-state index in [0.29, 0.717) is 28.7 Å². The molecular weight excluding hydrogens is 417 g/mol. The highest BCUT2D eigenvalue weighted by molar-refractivity contribution is 7.71. The molecule has 0 fully saturated rings. The van der Waals surface area contributed by atoms with Gasteiger partial charge in [-0.05, 0) is 72.4 Å². The number of benzene rings is 3. The number of hydrogen-bond donors (Lipinski definition) is 2. The molecular formula is C23H18FN3O3S. The van der Waals surface area contributed by atoms with Gasteiger partial charge in [0.15, 0.2) is 4.77 Å². The first-order chi connectivity index (χ1) is 14.9. The summed E-state index contributed by atoms with van der Waals surface area (Å²) in [6.07, 6.45) is 0. The summed E-state index contributed by atoms with van der Waals surface area (Å²) in [6.45, 7) is 0.306. The maximum absolute atomic E-state index is 13.0. The number of carbonyl (C=O) groups excluding carboxylic acids is 1. The summed E-state index contributed by atoms with van der Waals surface area (Å²) in [6, 6.07) is 17.6. The Labute approximate surface area is 181 Å². The number of anilines is 1. The number of fused-ring (bicyclic) bond motifs is 1. The van der Waals surface area contributed by atoms with E-state index in [1.807, 2.05) is 24.3 Å². The highest BCUT2D eigenvalue weighted by Gasteiger charge is 2.11. The van der Waals surface area contributed by atoms with Crippen LogP contribution in [0.3, 0.4) is 0 Å². The maximum Gasteiger partial charge on any atom is 0.262 e. The number of ether oxygens (including phenoxy) is 1. The molecule has 0 aliphatic carbocycles. The number of aromatic amines is 1. The van der Waals surface area contributed by atoms with Crippen LogP contribution in [0.2, 0.25) is 0 Å². The Hall–Kier alpha value is -3.78. The van der Waals surface area contributed by atoms with Crippen LogP contribution in [0.1, 0.15) is 15.9 Å². The van der Waals surface area contributed by atoms with Crippen molar-refractivity contribution in [3.63, 3.8) is 0 Å². The smallest absolute Gasteiger partial charge is 0.262 e. The molecule has 0 radical (unpaired) electrons. The molecule has 156 valence electrons. The fraction of sp³-hybridized carbons (Fsp3) is 0.0870. The second-order valence-electron chi connectivity index (χ2n) is 6.89. The van der Waals surface area contributed by atoms with Crippen molar-refractivity contribution in [3.8, 4) is 5.75 Å². The zero-order chi connectivity index (χ0) is 22.0. The third-order valence-electron chi connectivity index (χ3n) is 4.85. The summed E-state index contributed by atoms with van der Waals surface area (Å²) in [4.78, 5) is 28.6. The maximum atomic E-state index is 13.0. The predicted octanol–water partition coefficient (Wildman–Crippen LogP) is 4.51. The van der Waals surface area contributed by atoms with Gasteiger partial charge in [0.2, 0.25) is 0 Å². The van der Waals surface area contributed by atoms with E-state index in [-0.39, 0.29) is 22.1 Å². The van der Waals surface area contributed by atoms with Crippen molar-refractivity contribution < 1.29 is 13.9 Å². The molecule has 0 bridgehead atoms. The molecule has 6 nitrogen and oxygen atoms in total. The predicted molar refractivity (Wildman–Crippen MR) is 120 cm³/mol. The quantitative estimate of drug-likeness (QED) is 0.453. The Kier molecular flexibility index (Phi) is 5.64. The van der Waals surface area contributed by atoms with Crippen LogP contribution in [0.5, 0.6) is 5.75 Å². The Balaban J connectivity index is 1.64. The van der Waals surface area contributed by atoms with Crippen molar-refractivity contribution in [1.82, 2.24) is 9.55 Å². The summed E-state index contributed by atoms with van der Waals surface area (Å²) >= 11 is 5.39. The number of carbonyl (C=O) groups is 1. The van der Waals surface area contributed by atoms with Crippen molar-refractivity contribution in [2.75, 3.05) is 12.4 Å². The largest absolute Gasteiger partial charge is 0.497 e. The second-order valence-corrected chi connectivity index (χ2v) is 7.28. The van der Waals surface area contributed by atoms with Crippen molar-refractivity contribution in [3.05, 3.63) is 98.8 Å². The Morgan fingerprint density at radius 2 is 1.81 bits per heavy atom. The first-order valence-electron chi connectivity index (χ1n) is 9.41. The first kappa shape index (κ1) is 20.5. The van der Waals surface area contributed by atoms with E-state index in [4.69, 9.17) is 17.0 Å². The first-order valence-corrected chi connectivity index (χ1v) is 9.82. The van der Waals surface area contributed by atoms with Crippen molar-refractivity contribution >= 4 is 34.7 Å². The molecule has 0 saturated carbocycles. The molecule has 3 aromatic carbocycles. The average molecular weight is 435 g/mol. The third-order valence-corrected chi connectivity index (χ3v) is 5.17. The van der Waals surface area contributed by atoms with Crippen LogP contribution >= 0.6 is 12.2 Å². The van der Waals surface area contributed by atoms with Crippen LogP contribution < -0.4 is 15.6 Å². The number of rotatable bonds is 5. The molecule has 0 aliphatic heterocycles. The molecule has 1 amide bonds. The van der Waals surface area contributed by atoms with Crippen molar-refractivity contribution in [2.45, 2.75) is 6.54 Å². The molecule has 31 heavy (non-hydrogen) atoms. The van der Waals surface area contributed by atoms with Crippen LogP contribution in [0.15, 0.2) is 71.5 Å². The third kappa shape index (κ3) is 4.39. The standard InChI is InChI=1S/C23H18FN3O3S/c1-30-18-9-2-14(3-10-18)13-27-22(29)19-11-4-15(12-20(19)26-23(27)31)21(28)25-17-7-5-16(24)6-8-17/h2-12H,13H2,1H3,(H,25,28)(H,26,31). The number of hydrogen-bond acceptors (Lipinski definition) is 4. The van der Waals surface area contributed by atoms with Crippen LogP contribution in [-0.4, -0.2) is 22.6 Å². The number of methoxy groups -OCH3 is 1. The Morgan fingerprint density at radius 3 is 2.48 bits per heavy atom. The fourth-order valence-corrected chi connectivity index (χ4v) is 3.45. The summed E-state index contributed by atoms with van der Waals surface area (Å²) in [7, 11) is 1.59. The number of H-pyrrole nitrogens is 1. The van der Waals surface area contributed by atoms with Crippen LogP contribution in [0, 0.1) is 10.6 Å².